The van der Waals surface area contributed by atoms with E-state index < -0.39 is 27.0 Å². The van der Waals surface area contributed by atoms with Crippen LogP contribution in [0.4, 0.5) is 0 Å². The maximum Gasteiger partial charge on any atom is 0.336 e. The normalized spacial score (nSPS) is 12.2. The van der Waals surface area contributed by atoms with Crippen molar-refractivity contribution in [3.8, 4) is 6.07 Å². The molecule has 7 nitrogen and oxygen atoms in total. The minimum Gasteiger partial charge on any atom is -0.468 e. The Morgan fingerprint density at radius 2 is 1.69 bits per heavy atom. The molecule has 0 amide bonds. The van der Waals surface area contributed by atoms with Crippen LogP contribution in [0.5, 0.6) is 0 Å². The molecular formula is C21H19NO6S. The lowest BCUT2D eigenvalue weighted by Gasteiger charge is -2.14. The molecule has 1 atom stereocenters. The van der Waals surface area contributed by atoms with Gasteiger partial charge in [0.05, 0.1) is 23.6 Å². The fourth-order valence-corrected chi connectivity index (χ4v) is 3.84. The Bertz CT molecular complexity index is 1050. The average Bonchev–Trinajstić information content (AvgIpc) is 2.71. The second-order valence-corrected chi connectivity index (χ2v) is 8.06. The quantitative estimate of drug-likeness (QED) is 0.506. The highest BCUT2D eigenvalue weighted by Crippen LogP contribution is 2.19. The summed E-state index contributed by atoms with van der Waals surface area (Å²) in [5.74, 6) is -2.44. The third-order valence-electron chi connectivity index (χ3n) is 3.96. The number of benzene rings is 2. The summed E-state index contributed by atoms with van der Waals surface area (Å²) in [6.45, 7) is 1.54. The summed E-state index contributed by atoms with van der Waals surface area (Å²) in [4.78, 5) is 24.2. The fourth-order valence-electron chi connectivity index (χ4n) is 2.38. The van der Waals surface area contributed by atoms with Crippen LogP contribution in [0.15, 0.2) is 59.5 Å². The van der Waals surface area contributed by atoms with Gasteiger partial charge in [-0.2, -0.15) is 5.26 Å². The third-order valence-corrected chi connectivity index (χ3v) is 5.90. The Kier molecular flexibility index (Phi) is 7.28. The zero-order valence-corrected chi connectivity index (χ0v) is 16.7. The molecule has 0 bridgehead atoms. The minimum absolute atomic E-state index is 0.177. The van der Waals surface area contributed by atoms with E-state index in [-0.39, 0.29) is 11.5 Å². The second kappa shape index (κ2) is 9.66. The van der Waals surface area contributed by atoms with Crippen LogP contribution >= 0.6 is 0 Å². The lowest BCUT2D eigenvalue weighted by Crippen LogP contribution is -2.40. The van der Waals surface area contributed by atoms with Gasteiger partial charge in [-0.1, -0.05) is 35.9 Å². The van der Waals surface area contributed by atoms with Crippen molar-refractivity contribution in [2.75, 3.05) is 13.7 Å². The van der Waals surface area contributed by atoms with Crippen LogP contribution in [0.25, 0.3) is 6.08 Å². The number of carbonyl (C=O) groups is 2. The molecule has 0 saturated carbocycles. The first-order valence-corrected chi connectivity index (χ1v) is 10.1. The lowest BCUT2D eigenvalue weighted by atomic mass is 10.1. The minimum atomic E-state index is -4.33. The Labute approximate surface area is 169 Å². The fraction of sp³-hybridized carbons (Fsp3) is 0.190. The number of ether oxygens (including phenoxy) is 2. The van der Waals surface area contributed by atoms with Crippen LogP contribution in [0.2, 0.25) is 0 Å². The summed E-state index contributed by atoms with van der Waals surface area (Å²) >= 11 is 0. The number of aryl methyl sites for hydroxylation is 1. The van der Waals surface area contributed by atoms with Gasteiger partial charge in [-0.15, -0.1) is 0 Å². The van der Waals surface area contributed by atoms with E-state index in [1.165, 1.54) is 18.2 Å². The molecule has 0 saturated heterocycles. The molecule has 1 unspecified atom stereocenters. The monoisotopic (exact) mass is 413 g/mol. The largest absolute Gasteiger partial charge is 0.468 e. The number of sulfone groups is 1. The maximum absolute atomic E-state index is 12.8. The van der Waals surface area contributed by atoms with Gasteiger partial charge in [-0.3, -0.25) is 4.79 Å². The van der Waals surface area contributed by atoms with Crippen LogP contribution in [-0.2, 0) is 28.9 Å². The van der Waals surface area contributed by atoms with Gasteiger partial charge >= 0.3 is 11.9 Å². The number of carbonyl (C=O) groups excluding carboxylic acids is 2. The molecule has 2 aromatic carbocycles. The highest BCUT2D eigenvalue weighted by atomic mass is 32.2. The maximum atomic E-state index is 12.8. The molecular weight excluding hydrogens is 394 g/mol. The first kappa shape index (κ1) is 21.9. The molecule has 8 heteroatoms. The van der Waals surface area contributed by atoms with Crippen molar-refractivity contribution >= 4 is 27.9 Å². The number of methoxy groups -OCH3 is 1. The molecule has 150 valence electrons. The van der Waals surface area contributed by atoms with Gasteiger partial charge < -0.3 is 9.47 Å². The van der Waals surface area contributed by atoms with Crippen molar-refractivity contribution in [2.45, 2.75) is 17.1 Å². The molecule has 0 aliphatic rings. The molecule has 0 aliphatic heterocycles. The van der Waals surface area contributed by atoms with Gasteiger partial charge in [0.2, 0.25) is 9.84 Å². The van der Waals surface area contributed by atoms with Crippen molar-refractivity contribution in [1.82, 2.24) is 0 Å². The second-order valence-electron chi connectivity index (χ2n) is 6.03. The van der Waals surface area contributed by atoms with Crippen molar-refractivity contribution in [3.05, 3.63) is 71.3 Å². The molecule has 0 N–H and O–H groups in total. The Morgan fingerprint density at radius 1 is 1.07 bits per heavy atom. The van der Waals surface area contributed by atoms with Crippen molar-refractivity contribution in [1.29, 1.82) is 5.26 Å². The van der Waals surface area contributed by atoms with Crippen LogP contribution in [0.1, 0.15) is 16.7 Å². The molecule has 2 rings (SSSR count). The van der Waals surface area contributed by atoms with E-state index in [4.69, 9.17) is 10.00 Å². The number of hydrogen-bond donors (Lipinski definition) is 0. The third kappa shape index (κ3) is 5.53. The predicted octanol–water partition coefficient (Wildman–Crippen LogP) is 2.44. The summed E-state index contributed by atoms with van der Waals surface area (Å²) in [5.41, 5.74) is 2.10. The van der Waals surface area contributed by atoms with E-state index in [0.717, 1.165) is 18.2 Å². The molecule has 0 radical (unpaired) electrons. The number of hydrogen-bond acceptors (Lipinski definition) is 7. The van der Waals surface area contributed by atoms with Crippen LogP contribution in [0.3, 0.4) is 0 Å². The Balaban J connectivity index is 2.12. The smallest absolute Gasteiger partial charge is 0.336 e. The van der Waals surface area contributed by atoms with Crippen LogP contribution in [-0.4, -0.2) is 39.3 Å². The van der Waals surface area contributed by atoms with Crippen molar-refractivity contribution in [2.24, 2.45) is 0 Å². The summed E-state index contributed by atoms with van der Waals surface area (Å²) < 4.78 is 35.0. The first-order chi connectivity index (χ1) is 13.8. The van der Waals surface area contributed by atoms with Gasteiger partial charge in [0, 0.05) is 0 Å². The molecule has 0 heterocycles. The Morgan fingerprint density at radius 3 is 2.24 bits per heavy atom. The van der Waals surface area contributed by atoms with Gasteiger partial charge in [0.25, 0.3) is 5.25 Å². The van der Waals surface area contributed by atoms with Crippen molar-refractivity contribution in [3.63, 3.8) is 0 Å². The van der Waals surface area contributed by atoms with E-state index in [1.54, 1.807) is 49.4 Å². The van der Waals surface area contributed by atoms with E-state index in [9.17, 15) is 18.0 Å². The lowest BCUT2D eigenvalue weighted by molar-refractivity contribution is -0.151. The van der Waals surface area contributed by atoms with E-state index in [0.29, 0.717) is 5.56 Å². The summed E-state index contributed by atoms with van der Waals surface area (Å²) in [5, 5.41) is 6.66. The first-order valence-electron chi connectivity index (χ1n) is 8.51. The molecule has 0 spiro atoms. The van der Waals surface area contributed by atoms with Gasteiger partial charge in [0.15, 0.2) is 0 Å². The summed E-state index contributed by atoms with van der Waals surface area (Å²) in [7, 11) is -3.33. The number of rotatable bonds is 7. The Hall–Kier alpha value is -3.44. The van der Waals surface area contributed by atoms with E-state index in [1.807, 2.05) is 6.07 Å². The van der Waals surface area contributed by atoms with Gasteiger partial charge in [-0.25, -0.2) is 13.2 Å². The zero-order chi connectivity index (χ0) is 21.4. The number of esters is 2. The molecule has 0 fully saturated rings. The number of nitrogens with zero attached hydrogens (tertiary/aromatic N) is 1. The molecule has 2 aromatic rings. The van der Waals surface area contributed by atoms with Gasteiger partial charge in [-0.05, 0) is 42.8 Å². The van der Waals surface area contributed by atoms with Gasteiger partial charge in [0.1, 0.15) is 6.61 Å². The number of nitriles is 1. The summed E-state index contributed by atoms with van der Waals surface area (Å²) in [6, 6.07) is 14.4. The summed E-state index contributed by atoms with van der Waals surface area (Å²) in [6.07, 6.45) is 3.13. The highest BCUT2D eigenvalue weighted by molar-refractivity contribution is 7.93. The molecule has 29 heavy (non-hydrogen) atoms. The SMILES string of the molecule is COC(=O)C(C(=O)OC/C=C/c1ccc(C#N)cc1)S(=O)(=O)c1ccc(C)cc1. The van der Waals surface area contributed by atoms with Crippen molar-refractivity contribution < 1.29 is 27.5 Å². The molecule has 0 aliphatic carbocycles. The standard InChI is InChI=1S/C21H19NO6S/c1-15-5-11-18(12-6-15)29(25,26)19(20(23)27-2)21(24)28-13-3-4-16-7-9-17(14-22)10-8-16/h3-12,19H,13H2,1-2H3/b4-3+. The molecule has 0 aromatic heterocycles. The van der Waals surface area contributed by atoms with Crippen LogP contribution < -0.4 is 0 Å². The zero-order valence-electron chi connectivity index (χ0n) is 15.9. The predicted molar refractivity (Wildman–Crippen MR) is 105 cm³/mol. The average molecular weight is 413 g/mol. The van der Waals surface area contributed by atoms with Crippen LogP contribution in [0, 0.1) is 18.3 Å². The van der Waals surface area contributed by atoms with E-state index in [2.05, 4.69) is 4.74 Å². The van der Waals surface area contributed by atoms with E-state index >= 15 is 0 Å². The topological polar surface area (TPSA) is 111 Å². The highest BCUT2D eigenvalue weighted by Gasteiger charge is 2.42.